The second-order valence-corrected chi connectivity index (χ2v) is 1.76. The Hall–Kier alpha value is -1.79. The molecule has 0 rings (SSSR count). The highest BCUT2D eigenvalue weighted by Gasteiger charge is 2.00. The monoisotopic (exact) mass is 194 g/mol. The van der Waals surface area contributed by atoms with Crippen LogP contribution in [0.4, 0.5) is 4.79 Å². The molecule has 76 valence electrons. The van der Waals surface area contributed by atoms with E-state index in [1.165, 1.54) is 0 Å². The molecule has 0 atom stereocenters. The van der Waals surface area contributed by atoms with Crippen LogP contribution >= 0.6 is 0 Å². The van der Waals surface area contributed by atoms with Crippen molar-refractivity contribution < 1.29 is 34.4 Å². The van der Waals surface area contributed by atoms with Crippen LogP contribution in [0, 0.1) is 0 Å². The summed E-state index contributed by atoms with van der Waals surface area (Å²) in [7, 11) is 1.10. The number of methoxy groups -OCH3 is 1. The van der Waals surface area contributed by atoms with Crippen LogP contribution in [0.3, 0.4) is 0 Å². The van der Waals surface area contributed by atoms with Gasteiger partial charge in [-0.2, -0.15) is 0 Å². The van der Waals surface area contributed by atoms with Gasteiger partial charge in [-0.05, 0) is 0 Å². The number of ether oxygens (including phenoxy) is 1. The van der Waals surface area contributed by atoms with Crippen molar-refractivity contribution in [3.8, 4) is 0 Å². The van der Waals surface area contributed by atoms with Gasteiger partial charge in [-0.15, -0.1) is 0 Å². The van der Waals surface area contributed by atoms with Gasteiger partial charge < -0.3 is 20.1 Å². The van der Waals surface area contributed by atoms with E-state index < -0.39 is 18.1 Å². The highest BCUT2D eigenvalue weighted by molar-refractivity contribution is 5.75. The summed E-state index contributed by atoms with van der Waals surface area (Å²) >= 11 is 0. The van der Waals surface area contributed by atoms with Gasteiger partial charge in [0.15, 0.2) is 0 Å². The van der Waals surface area contributed by atoms with Crippen LogP contribution in [0.5, 0.6) is 0 Å². The topological polar surface area (TPSA) is 121 Å². The molecule has 0 saturated heterocycles. The average Bonchev–Trinajstić information content (AvgIpc) is 2.02. The zero-order valence-corrected chi connectivity index (χ0v) is 6.89. The van der Waals surface area contributed by atoms with Gasteiger partial charge in [-0.25, -0.2) is 4.79 Å². The Morgan fingerprint density at radius 3 is 1.31 bits per heavy atom. The van der Waals surface area contributed by atoms with Gasteiger partial charge in [0.1, 0.15) is 0 Å². The maximum Gasteiger partial charge on any atom is 0.505 e. The highest BCUT2D eigenvalue weighted by atomic mass is 16.6. The molecule has 7 nitrogen and oxygen atoms in total. The van der Waals surface area contributed by atoms with E-state index >= 15 is 0 Å². The molecule has 0 aliphatic carbocycles. The van der Waals surface area contributed by atoms with Crippen molar-refractivity contribution in [2.45, 2.75) is 12.8 Å². The Kier molecular flexibility index (Phi) is 8.80. The van der Waals surface area contributed by atoms with Gasteiger partial charge in [-0.1, -0.05) is 0 Å². The zero-order valence-electron chi connectivity index (χ0n) is 6.89. The van der Waals surface area contributed by atoms with Gasteiger partial charge in [0.2, 0.25) is 0 Å². The molecule has 7 heteroatoms. The Bertz CT molecular complexity index is 171. The Morgan fingerprint density at radius 1 is 1.00 bits per heavy atom. The summed E-state index contributed by atoms with van der Waals surface area (Å²) in [6.45, 7) is 0. The van der Waals surface area contributed by atoms with Crippen LogP contribution in [0.15, 0.2) is 0 Å². The molecule has 0 aromatic rings. The lowest BCUT2D eigenvalue weighted by atomic mass is 10.3. The third-order valence-electron chi connectivity index (χ3n) is 0.727. The van der Waals surface area contributed by atoms with E-state index in [2.05, 4.69) is 4.74 Å². The molecule has 0 aromatic carbocycles. The van der Waals surface area contributed by atoms with Crippen molar-refractivity contribution in [3.05, 3.63) is 0 Å². The van der Waals surface area contributed by atoms with E-state index in [1.807, 2.05) is 0 Å². The van der Waals surface area contributed by atoms with Gasteiger partial charge in [0, 0.05) is 0 Å². The summed E-state index contributed by atoms with van der Waals surface area (Å²) in [5.41, 5.74) is 0. The summed E-state index contributed by atoms with van der Waals surface area (Å²) in [5.74, 6) is -2.15. The maximum absolute atomic E-state index is 9.64. The molecule has 0 bridgehead atoms. The number of carbonyl (C=O) groups is 3. The number of carboxylic acids is 2. The summed E-state index contributed by atoms with van der Waals surface area (Å²) in [4.78, 5) is 28.4. The van der Waals surface area contributed by atoms with E-state index in [-0.39, 0.29) is 12.8 Å². The smallest absolute Gasteiger partial charge is 0.481 e. The maximum atomic E-state index is 9.64. The van der Waals surface area contributed by atoms with Crippen molar-refractivity contribution in [2.24, 2.45) is 0 Å². The lowest BCUT2D eigenvalue weighted by Gasteiger charge is -1.85. The molecule has 0 saturated carbocycles. The van der Waals surface area contributed by atoms with E-state index in [0.717, 1.165) is 7.11 Å². The fourth-order valence-electron chi connectivity index (χ4n) is 0.214. The summed E-state index contributed by atoms with van der Waals surface area (Å²) in [6.07, 6.45) is -1.84. The van der Waals surface area contributed by atoms with Crippen LogP contribution in [0.2, 0.25) is 0 Å². The molecule has 0 amide bonds. The normalized spacial score (nSPS) is 7.77. The van der Waals surface area contributed by atoms with Crippen LogP contribution < -0.4 is 0 Å². The van der Waals surface area contributed by atoms with Crippen LogP contribution in [-0.2, 0) is 14.3 Å². The minimum absolute atomic E-state index is 0.296. The molecule has 0 aliphatic heterocycles. The first-order valence-corrected chi connectivity index (χ1v) is 3.10. The van der Waals surface area contributed by atoms with Crippen molar-refractivity contribution in [1.29, 1.82) is 0 Å². The molecule has 13 heavy (non-hydrogen) atoms. The predicted molar refractivity (Wildman–Crippen MR) is 39.5 cm³/mol. The molecule has 0 radical (unpaired) electrons. The Morgan fingerprint density at radius 2 is 1.23 bits per heavy atom. The second-order valence-electron chi connectivity index (χ2n) is 1.76. The summed E-state index contributed by atoms with van der Waals surface area (Å²) < 4.78 is 3.67. The Balaban J connectivity index is 0. The molecular weight excluding hydrogens is 184 g/mol. The van der Waals surface area contributed by atoms with Crippen molar-refractivity contribution in [3.63, 3.8) is 0 Å². The molecule has 0 aromatic heterocycles. The molecule has 0 unspecified atom stereocenters. The first kappa shape index (κ1) is 13.8. The average molecular weight is 194 g/mol. The third-order valence-corrected chi connectivity index (χ3v) is 0.727. The van der Waals surface area contributed by atoms with E-state index in [1.54, 1.807) is 0 Å². The standard InChI is InChI=1S/C4H6O4.C2H4O3/c5-3(6)1-2-4(7)8;1-5-2(3)4/h1-2H2,(H,5,6)(H,7,8);1H3,(H,3,4). The Labute approximate surface area is 73.6 Å². The van der Waals surface area contributed by atoms with Crippen LogP contribution in [-0.4, -0.2) is 40.5 Å². The molecule has 0 heterocycles. The number of rotatable bonds is 3. The number of carboxylic acid groups (broad SMARTS) is 3. The van der Waals surface area contributed by atoms with Crippen molar-refractivity contribution in [2.75, 3.05) is 7.11 Å². The zero-order chi connectivity index (χ0) is 10.9. The molecule has 0 aliphatic rings. The fourth-order valence-corrected chi connectivity index (χ4v) is 0.214. The largest absolute Gasteiger partial charge is 0.505 e. The van der Waals surface area contributed by atoms with Gasteiger partial charge >= 0.3 is 18.1 Å². The first-order chi connectivity index (χ1) is 5.90. The fraction of sp³-hybridized carbons (Fsp3) is 0.500. The van der Waals surface area contributed by atoms with E-state index in [9.17, 15) is 9.59 Å². The van der Waals surface area contributed by atoms with Crippen molar-refractivity contribution >= 4 is 18.1 Å². The first-order valence-electron chi connectivity index (χ1n) is 3.10. The lowest BCUT2D eigenvalue weighted by Crippen LogP contribution is -2.00. The summed E-state index contributed by atoms with van der Waals surface area (Å²) in [5, 5.41) is 23.3. The SMILES string of the molecule is COC(=O)O.O=C(O)CCC(=O)O. The van der Waals surface area contributed by atoms with Gasteiger partial charge in [0.05, 0.1) is 20.0 Å². The minimum atomic E-state index is -1.25. The lowest BCUT2D eigenvalue weighted by molar-refractivity contribution is -0.143. The van der Waals surface area contributed by atoms with E-state index in [0.29, 0.717) is 0 Å². The molecule has 0 spiro atoms. The van der Waals surface area contributed by atoms with Gasteiger partial charge in [-0.3, -0.25) is 9.59 Å². The van der Waals surface area contributed by atoms with Crippen molar-refractivity contribution in [1.82, 2.24) is 0 Å². The number of hydrogen-bond donors (Lipinski definition) is 3. The molecule has 3 N–H and O–H groups in total. The number of aliphatic carboxylic acids is 2. The van der Waals surface area contributed by atoms with Crippen LogP contribution in [0.25, 0.3) is 0 Å². The predicted octanol–water partition coefficient (Wildman–Crippen LogP) is 0.247. The number of hydrogen-bond acceptors (Lipinski definition) is 4. The third kappa shape index (κ3) is 25.4. The second kappa shape index (κ2) is 8.31. The minimum Gasteiger partial charge on any atom is -0.481 e. The quantitative estimate of drug-likeness (QED) is 0.550. The summed E-state index contributed by atoms with van der Waals surface area (Å²) in [6, 6.07) is 0. The highest BCUT2D eigenvalue weighted by Crippen LogP contribution is 1.86. The molecule has 0 fully saturated rings. The van der Waals surface area contributed by atoms with Crippen LogP contribution in [0.1, 0.15) is 12.8 Å². The van der Waals surface area contributed by atoms with E-state index in [4.69, 9.17) is 20.1 Å². The van der Waals surface area contributed by atoms with Gasteiger partial charge in [0.25, 0.3) is 0 Å². The molecular formula is C6H10O7.